The van der Waals surface area contributed by atoms with Crippen molar-refractivity contribution in [3.05, 3.63) is 18.3 Å². The molecule has 1 amide bonds. The van der Waals surface area contributed by atoms with Gasteiger partial charge in [-0.2, -0.15) is 5.10 Å². The second-order valence-electron chi connectivity index (χ2n) is 4.95. The number of benzene rings is 1. The predicted octanol–water partition coefficient (Wildman–Crippen LogP) is 1.33. The Morgan fingerprint density at radius 1 is 1.47 bits per heavy atom. The Morgan fingerprint density at radius 3 is 3.00 bits per heavy atom. The number of nitrogens with zero attached hydrogens (tertiary/aromatic N) is 1. The number of nitrogens with one attached hydrogen (secondary N) is 3. The minimum atomic E-state index is -0.0437. The van der Waals surface area contributed by atoms with E-state index in [1.165, 1.54) is 0 Å². The summed E-state index contributed by atoms with van der Waals surface area (Å²) in [6.45, 7) is 4.99. The molecule has 19 heavy (non-hydrogen) atoms. The van der Waals surface area contributed by atoms with Crippen LogP contribution in [0.5, 0.6) is 0 Å². The third kappa shape index (κ3) is 3.37. The average molecular weight is 261 g/mol. The first-order valence-corrected chi connectivity index (χ1v) is 6.29. The van der Waals surface area contributed by atoms with Crippen molar-refractivity contribution in [2.24, 2.45) is 5.92 Å². The van der Waals surface area contributed by atoms with Crippen molar-refractivity contribution in [2.75, 3.05) is 24.1 Å². The van der Waals surface area contributed by atoms with Crippen LogP contribution < -0.4 is 16.4 Å². The number of H-pyrrole nitrogens is 1. The first-order chi connectivity index (χ1) is 9.06. The summed E-state index contributed by atoms with van der Waals surface area (Å²) in [4.78, 5) is 11.6. The Labute approximate surface area is 111 Å². The minimum Gasteiger partial charge on any atom is -0.397 e. The zero-order chi connectivity index (χ0) is 13.8. The summed E-state index contributed by atoms with van der Waals surface area (Å²) >= 11 is 0. The van der Waals surface area contributed by atoms with Gasteiger partial charge in [0, 0.05) is 11.9 Å². The molecular weight excluding hydrogens is 242 g/mol. The van der Waals surface area contributed by atoms with Gasteiger partial charge in [0.05, 0.1) is 29.6 Å². The minimum absolute atomic E-state index is 0.0437. The molecule has 2 rings (SSSR count). The number of nitrogens with two attached hydrogens (primary N) is 1. The fraction of sp³-hybridized carbons (Fsp3) is 0.385. The Balaban J connectivity index is 1.97. The second-order valence-corrected chi connectivity index (χ2v) is 4.95. The maximum absolute atomic E-state index is 11.6. The van der Waals surface area contributed by atoms with Crippen LogP contribution in [0.1, 0.15) is 13.8 Å². The van der Waals surface area contributed by atoms with E-state index in [0.29, 0.717) is 18.2 Å². The lowest BCUT2D eigenvalue weighted by Crippen LogP contribution is -2.32. The fourth-order valence-electron chi connectivity index (χ4n) is 1.72. The Kier molecular flexibility index (Phi) is 3.89. The fourth-order valence-corrected chi connectivity index (χ4v) is 1.72. The molecule has 5 N–H and O–H groups in total. The molecule has 0 atom stereocenters. The Bertz CT molecular complexity index is 575. The smallest absolute Gasteiger partial charge is 0.239 e. The van der Waals surface area contributed by atoms with E-state index in [4.69, 9.17) is 5.73 Å². The van der Waals surface area contributed by atoms with Crippen LogP contribution in [0.3, 0.4) is 0 Å². The van der Waals surface area contributed by atoms with Crippen molar-refractivity contribution in [1.29, 1.82) is 0 Å². The van der Waals surface area contributed by atoms with Gasteiger partial charge in [0.2, 0.25) is 5.91 Å². The topological polar surface area (TPSA) is 95.8 Å². The van der Waals surface area contributed by atoms with E-state index in [0.717, 1.165) is 16.6 Å². The predicted molar refractivity (Wildman–Crippen MR) is 76.8 cm³/mol. The zero-order valence-corrected chi connectivity index (χ0v) is 11.2. The highest BCUT2D eigenvalue weighted by Crippen LogP contribution is 2.24. The number of nitrogen functional groups attached to an aromatic ring is 1. The van der Waals surface area contributed by atoms with Crippen molar-refractivity contribution < 1.29 is 4.79 Å². The first-order valence-electron chi connectivity index (χ1n) is 6.29. The van der Waals surface area contributed by atoms with Crippen molar-refractivity contribution in [2.45, 2.75) is 13.8 Å². The van der Waals surface area contributed by atoms with Gasteiger partial charge in [0.1, 0.15) is 0 Å². The molecule has 0 aliphatic heterocycles. The van der Waals surface area contributed by atoms with E-state index < -0.39 is 0 Å². The van der Waals surface area contributed by atoms with Gasteiger partial charge in [-0.3, -0.25) is 9.89 Å². The summed E-state index contributed by atoms with van der Waals surface area (Å²) < 4.78 is 0. The lowest BCUT2D eigenvalue weighted by Gasteiger charge is -2.11. The molecule has 0 bridgehead atoms. The number of hydrogen-bond acceptors (Lipinski definition) is 4. The van der Waals surface area contributed by atoms with Crippen LogP contribution in [0.4, 0.5) is 11.4 Å². The van der Waals surface area contributed by atoms with Gasteiger partial charge in [0.15, 0.2) is 0 Å². The molecule has 6 nitrogen and oxygen atoms in total. The summed E-state index contributed by atoms with van der Waals surface area (Å²) in [6, 6.07) is 3.68. The molecular formula is C13H19N5O. The number of rotatable bonds is 5. The van der Waals surface area contributed by atoms with Crippen molar-refractivity contribution in [1.82, 2.24) is 15.5 Å². The van der Waals surface area contributed by atoms with Crippen LogP contribution in [-0.4, -0.2) is 29.2 Å². The highest BCUT2D eigenvalue weighted by atomic mass is 16.1. The summed E-state index contributed by atoms with van der Waals surface area (Å²) in [7, 11) is 0. The van der Waals surface area contributed by atoms with E-state index >= 15 is 0 Å². The van der Waals surface area contributed by atoms with Gasteiger partial charge < -0.3 is 16.4 Å². The summed E-state index contributed by atoms with van der Waals surface area (Å²) in [6.07, 6.45) is 1.71. The van der Waals surface area contributed by atoms with Crippen LogP contribution >= 0.6 is 0 Å². The normalized spacial score (nSPS) is 10.9. The summed E-state index contributed by atoms with van der Waals surface area (Å²) in [5, 5.41) is 13.6. The Morgan fingerprint density at radius 2 is 2.26 bits per heavy atom. The third-order valence-corrected chi connectivity index (χ3v) is 2.76. The van der Waals surface area contributed by atoms with E-state index in [9.17, 15) is 4.79 Å². The number of aromatic nitrogens is 2. The van der Waals surface area contributed by atoms with Crippen LogP contribution in [0, 0.1) is 5.92 Å². The number of aromatic amines is 1. The maximum Gasteiger partial charge on any atom is 0.239 e. The van der Waals surface area contributed by atoms with Gasteiger partial charge in [-0.05, 0) is 18.1 Å². The van der Waals surface area contributed by atoms with E-state index in [1.54, 1.807) is 6.20 Å². The van der Waals surface area contributed by atoms with Gasteiger partial charge >= 0.3 is 0 Å². The highest BCUT2D eigenvalue weighted by Gasteiger charge is 2.06. The van der Waals surface area contributed by atoms with Gasteiger partial charge in [-0.15, -0.1) is 0 Å². The monoisotopic (exact) mass is 261 g/mol. The quantitative estimate of drug-likeness (QED) is 0.610. The molecule has 0 radical (unpaired) electrons. The number of fused-ring (bicyclic) bond motifs is 1. The molecule has 0 saturated carbocycles. The maximum atomic E-state index is 11.6. The Hall–Kier alpha value is -2.24. The van der Waals surface area contributed by atoms with E-state index in [2.05, 4.69) is 34.7 Å². The molecule has 102 valence electrons. The number of amides is 1. The summed E-state index contributed by atoms with van der Waals surface area (Å²) in [5.41, 5.74) is 8.14. The molecule has 0 aliphatic carbocycles. The van der Waals surface area contributed by atoms with Crippen molar-refractivity contribution in [3.63, 3.8) is 0 Å². The van der Waals surface area contributed by atoms with E-state index in [-0.39, 0.29) is 12.5 Å². The van der Waals surface area contributed by atoms with Crippen LogP contribution in [0.15, 0.2) is 18.3 Å². The van der Waals surface area contributed by atoms with Crippen LogP contribution in [0.25, 0.3) is 10.9 Å². The van der Waals surface area contributed by atoms with Crippen LogP contribution in [-0.2, 0) is 4.79 Å². The third-order valence-electron chi connectivity index (χ3n) is 2.76. The molecule has 1 aromatic carbocycles. The molecule has 2 aromatic rings. The largest absolute Gasteiger partial charge is 0.397 e. The van der Waals surface area contributed by atoms with Gasteiger partial charge in [0.25, 0.3) is 0 Å². The summed E-state index contributed by atoms with van der Waals surface area (Å²) in [5.74, 6) is 0.396. The highest BCUT2D eigenvalue weighted by molar-refractivity contribution is 5.90. The molecule has 0 saturated heterocycles. The zero-order valence-electron chi connectivity index (χ0n) is 11.2. The lowest BCUT2D eigenvalue weighted by molar-refractivity contribution is -0.119. The van der Waals surface area contributed by atoms with Gasteiger partial charge in [-0.1, -0.05) is 13.8 Å². The van der Waals surface area contributed by atoms with E-state index in [1.807, 2.05) is 12.1 Å². The number of carbonyl (C=O) groups is 1. The second kappa shape index (κ2) is 5.60. The molecule has 0 spiro atoms. The number of carbonyl (C=O) groups excluding carboxylic acids is 1. The number of hydrogen-bond donors (Lipinski definition) is 4. The number of anilines is 2. The molecule has 1 heterocycles. The SMILES string of the molecule is CC(C)CNC(=O)CNc1cc2[nH]ncc2cc1N. The average Bonchev–Trinajstić information content (AvgIpc) is 2.80. The standard InChI is InChI=1S/C13H19N5O/c1-8(2)5-16-13(19)7-15-12-4-11-9(3-10(12)14)6-17-18-11/h3-4,6,8,15H,5,7,14H2,1-2H3,(H,16,19)(H,17,18). The lowest BCUT2D eigenvalue weighted by atomic mass is 10.2. The molecule has 0 aliphatic rings. The van der Waals surface area contributed by atoms with Crippen LogP contribution in [0.2, 0.25) is 0 Å². The molecule has 6 heteroatoms. The van der Waals surface area contributed by atoms with Crippen molar-refractivity contribution in [3.8, 4) is 0 Å². The van der Waals surface area contributed by atoms with Gasteiger partial charge in [-0.25, -0.2) is 0 Å². The molecule has 0 fully saturated rings. The molecule has 1 aromatic heterocycles. The first kappa shape index (κ1) is 13.2. The molecule has 0 unspecified atom stereocenters. The van der Waals surface area contributed by atoms with Crippen molar-refractivity contribution >= 4 is 28.2 Å².